The third-order valence-corrected chi connectivity index (χ3v) is 9.75. The average molecular weight is 597 g/mol. The first-order valence-electron chi connectivity index (χ1n) is 16.1. The molecule has 0 N–H and O–H groups in total. The van der Waals surface area contributed by atoms with Gasteiger partial charge in [-0.3, -0.25) is 0 Å². The lowest BCUT2D eigenvalue weighted by molar-refractivity contribution is -0.380. The predicted molar refractivity (Wildman–Crippen MR) is 163 cm³/mol. The monoisotopic (exact) mass is 596 g/mol. The van der Waals surface area contributed by atoms with E-state index >= 15 is 0 Å². The quantitative estimate of drug-likeness (QED) is 0.0613. The fourth-order valence-corrected chi connectivity index (χ4v) is 7.50. The third kappa shape index (κ3) is 15.8. The summed E-state index contributed by atoms with van der Waals surface area (Å²) in [4.78, 5) is 0. The molecule has 0 aromatic rings. The minimum absolute atomic E-state index is 0.132. The van der Waals surface area contributed by atoms with Crippen molar-refractivity contribution in [2.24, 2.45) is 0 Å². The largest absolute Gasteiger partial charge is 0.330 e. The Kier molecular flexibility index (Phi) is 24.0. The Labute approximate surface area is 247 Å². The average Bonchev–Trinajstić information content (AvgIpc) is 2.93. The van der Waals surface area contributed by atoms with Crippen LogP contribution in [0.1, 0.15) is 137 Å². The summed E-state index contributed by atoms with van der Waals surface area (Å²) in [6.07, 6.45) is 17.1. The van der Waals surface area contributed by atoms with Crippen molar-refractivity contribution in [2.45, 2.75) is 154 Å². The highest BCUT2D eigenvalue weighted by Crippen LogP contribution is 2.30. The highest BCUT2D eigenvalue weighted by molar-refractivity contribution is 7.92. The van der Waals surface area contributed by atoms with Gasteiger partial charge in [-0.25, -0.2) is 8.42 Å². The number of unbranched alkanes of at least 4 members (excludes halogenated alkanes) is 13. The lowest BCUT2D eigenvalue weighted by Gasteiger charge is -2.36. The van der Waals surface area contributed by atoms with E-state index in [9.17, 15) is 8.42 Å². The van der Waals surface area contributed by atoms with Crippen LogP contribution in [0.2, 0.25) is 0 Å². The second-order valence-electron chi connectivity index (χ2n) is 10.5. The van der Waals surface area contributed by atoms with Crippen LogP contribution in [0.4, 0.5) is 0 Å². The van der Waals surface area contributed by atoms with Crippen molar-refractivity contribution in [3.05, 3.63) is 0 Å². The zero-order chi connectivity index (χ0) is 30.2. The van der Waals surface area contributed by atoms with E-state index in [1.54, 1.807) is 0 Å². The molecule has 0 heterocycles. The van der Waals surface area contributed by atoms with Gasteiger partial charge in [-0.1, -0.05) is 90.4 Å². The van der Waals surface area contributed by atoms with Crippen LogP contribution in [0.25, 0.3) is 0 Å². The van der Waals surface area contributed by atoms with E-state index in [1.807, 2.05) is 20.8 Å². The van der Waals surface area contributed by atoms with Crippen LogP contribution < -0.4 is 0 Å². The zero-order valence-electron chi connectivity index (χ0n) is 27.1. The molecule has 1 atom stereocenters. The fourth-order valence-electron chi connectivity index (χ4n) is 5.36. The second-order valence-corrected chi connectivity index (χ2v) is 12.8. The number of methoxy groups -OCH3 is 3. The molecule has 0 aliphatic carbocycles. The molecule has 0 aliphatic heterocycles. The van der Waals surface area contributed by atoms with E-state index in [2.05, 4.69) is 6.92 Å². The molecule has 1 unspecified atom stereocenters. The molecular formula is C31H64O8S. The van der Waals surface area contributed by atoms with Crippen LogP contribution in [0.3, 0.4) is 0 Å². The maximum absolute atomic E-state index is 13.4. The van der Waals surface area contributed by atoms with Crippen LogP contribution in [-0.4, -0.2) is 72.5 Å². The molecule has 0 spiro atoms. The van der Waals surface area contributed by atoms with Gasteiger partial charge < -0.3 is 28.4 Å². The smallest absolute Gasteiger partial charge is 0.299 e. The molecule has 0 radical (unpaired) electrons. The van der Waals surface area contributed by atoms with Crippen molar-refractivity contribution >= 4 is 9.84 Å². The SMILES string of the molecule is CCCCCCCCC(C(OC)(OC)OC)S(=O)(=O)CCCCCCCCCCCC(OCC)(OCC)OCC. The highest BCUT2D eigenvalue weighted by atomic mass is 32.2. The van der Waals surface area contributed by atoms with Gasteiger partial charge in [-0.15, -0.1) is 0 Å². The molecule has 0 saturated carbocycles. The second kappa shape index (κ2) is 24.2. The summed E-state index contributed by atoms with van der Waals surface area (Å²) in [6.45, 7) is 9.76. The standard InChI is InChI=1S/C31H64O8S/c1-8-12-13-14-20-23-26-29(31(34-5,35-6)36-7)40(32,33)28-25-22-19-17-15-16-18-21-24-27-30(37-9-2,38-10-3)39-11-4/h29H,8-28H2,1-7H3. The van der Waals surface area contributed by atoms with Crippen molar-refractivity contribution in [1.82, 2.24) is 0 Å². The summed E-state index contributed by atoms with van der Waals surface area (Å²) in [7, 11) is 0.893. The van der Waals surface area contributed by atoms with Crippen molar-refractivity contribution in [3.8, 4) is 0 Å². The summed E-state index contributed by atoms with van der Waals surface area (Å²) in [5, 5.41) is -0.835. The van der Waals surface area contributed by atoms with E-state index in [4.69, 9.17) is 28.4 Å². The molecule has 0 aliphatic rings. The van der Waals surface area contributed by atoms with Gasteiger partial charge in [0.2, 0.25) is 0 Å². The lowest BCUT2D eigenvalue weighted by Crippen LogP contribution is -2.52. The van der Waals surface area contributed by atoms with Crippen LogP contribution in [0.5, 0.6) is 0 Å². The van der Waals surface area contributed by atoms with E-state index in [-0.39, 0.29) is 5.75 Å². The fraction of sp³-hybridized carbons (Fsp3) is 1.00. The highest BCUT2D eigenvalue weighted by Gasteiger charge is 2.47. The van der Waals surface area contributed by atoms with E-state index in [1.165, 1.54) is 59.9 Å². The van der Waals surface area contributed by atoms with E-state index < -0.39 is 27.0 Å². The van der Waals surface area contributed by atoms with Crippen molar-refractivity contribution in [2.75, 3.05) is 46.9 Å². The van der Waals surface area contributed by atoms with Crippen molar-refractivity contribution in [1.29, 1.82) is 0 Å². The molecule has 0 bridgehead atoms. The Hall–Kier alpha value is -0.290. The van der Waals surface area contributed by atoms with Gasteiger partial charge in [0, 0.05) is 47.6 Å². The molecule has 9 heteroatoms. The van der Waals surface area contributed by atoms with E-state index in [0.29, 0.717) is 32.7 Å². The number of rotatable bonds is 30. The minimum Gasteiger partial charge on any atom is -0.330 e. The van der Waals surface area contributed by atoms with Gasteiger partial charge >= 0.3 is 0 Å². The topological polar surface area (TPSA) is 89.5 Å². The summed E-state index contributed by atoms with van der Waals surface area (Å²) >= 11 is 0. The Morgan fingerprint density at radius 3 is 1.38 bits per heavy atom. The summed E-state index contributed by atoms with van der Waals surface area (Å²) in [5.41, 5.74) is 0. The zero-order valence-corrected chi connectivity index (χ0v) is 27.9. The van der Waals surface area contributed by atoms with Gasteiger partial charge in [0.25, 0.3) is 11.9 Å². The molecule has 40 heavy (non-hydrogen) atoms. The summed E-state index contributed by atoms with van der Waals surface area (Å²) in [6, 6.07) is 0. The van der Waals surface area contributed by atoms with Crippen molar-refractivity contribution < 1.29 is 36.8 Å². The van der Waals surface area contributed by atoms with Gasteiger partial charge in [0.15, 0.2) is 9.84 Å². The molecule has 0 fully saturated rings. The van der Waals surface area contributed by atoms with E-state index in [0.717, 1.165) is 57.8 Å². The molecule has 0 aromatic heterocycles. The predicted octanol–water partition coefficient (Wildman–Crippen LogP) is 7.78. The summed E-state index contributed by atoms with van der Waals surface area (Å²) in [5.74, 6) is -2.33. The number of sulfone groups is 1. The Balaban J connectivity index is 4.43. The van der Waals surface area contributed by atoms with Crippen LogP contribution in [0.15, 0.2) is 0 Å². The van der Waals surface area contributed by atoms with Gasteiger partial charge in [0.05, 0.1) is 5.75 Å². The summed E-state index contributed by atoms with van der Waals surface area (Å²) < 4.78 is 60.6. The first-order valence-corrected chi connectivity index (χ1v) is 17.8. The van der Waals surface area contributed by atoms with Crippen LogP contribution >= 0.6 is 0 Å². The molecule has 0 amide bonds. The Morgan fingerprint density at radius 2 is 0.950 bits per heavy atom. The first-order chi connectivity index (χ1) is 19.3. The molecule has 242 valence electrons. The molecule has 0 rings (SSSR count). The first kappa shape index (κ1) is 39.7. The minimum atomic E-state index is -3.45. The number of hydrogen-bond acceptors (Lipinski definition) is 8. The molecule has 0 aromatic carbocycles. The van der Waals surface area contributed by atoms with Gasteiger partial charge in [0.1, 0.15) is 5.25 Å². The number of ether oxygens (including phenoxy) is 6. The van der Waals surface area contributed by atoms with Gasteiger partial charge in [-0.2, -0.15) is 0 Å². The third-order valence-electron chi connectivity index (χ3n) is 7.51. The Bertz CT molecular complexity index is 641. The van der Waals surface area contributed by atoms with Crippen LogP contribution in [-0.2, 0) is 38.3 Å². The maximum Gasteiger partial charge on any atom is 0.299 e. The molecular weight excluding hydrogens is 532 g/mol. The maximum atomic E-state index is 13.4. The van der Waals surface area contributed by atoms with Crippen LogP contribution in [0, 0.1) is 0 Å². The normalized spacial score (nSPS) is 13.7. The molecule has 0 saturated heterocycles. The lowest BCUT2D eigenvalue weighted by atomic mass is 10.1. The number of hydrogen-bond donors (Lipinski definition) is 0. The Morgan fingerprint density at radius 1 is 0.550 bits per heavy atom. The van der Waals surface area contributed by atoms with Gasteiger partial charge in [-0.05, 0) is 40.0 Å². The molecule has 8 nitrogen and oxygen atoms in total. The van der Waals surface area contributed by atoms with Crippen molar-refractivity contribution in [3.63, 3.8) is 0 Å².